The summed E-state index contributed by atoms with van der Waals surface area (Å²) < 4.78 is 0. The van der Waals surface area contributed by atoms with Gasteiger partial charge in [-0.25, -0.2) is 0 Å². The number of nitrogens with one attached hydrogen (secondary N) is 1. The van der Waals surface area contributed by atoms with Crippen LogP contribution in [0.3, 0.4) is 0 Å². The minimum absolute atomic E-state index is 0.140. The van der Waals surface area contributed by atoms with E-state index in [1.807, 2.05) is 0 Å². The summed E-state index contributed by atoms with van der Waals surface area (Å²) in [7, 11) is 2.17. The first kappa shape index (κ1) is 13.8. The van der Waals surface area contributed by atoms with Crippen molar-refractivity contribution in [2.24, 2.45) is 5.73 Å². The second-order valence-electron chi connectivity index (χ2n) is 5.68. The van der Waals surface area contributed by atoms with E-state index in [9.17, 15) is 4.79 Å². The Hall–Kier alpha value is -0.650. The lowest BCUT2D eigenvalue weighted by atomic mass is 10.2. The molecule has 5 heteroatoms. The maximum atomic E-state index is 11.4. The first-order valence-electron chi connectivity index (χ1n) is 7.11. The molecule has 2 rings (SSSR count). The molecule has 1 saturated carbocycles. The molecular formula is C13H26N4O. The summed E-state index contributed by atoms with van der Waals surface area (Å²) in [5, 5.41) is 3.34. The zero-order chi connectivity index (χ0) is 13.0. The SMILES string of the molecule is CN1CCCN(CCC(NC2CC2)C(N)=O)CC1. The summed E-state index contributed by atoms with van der Waals surface area (Å²) in [5.41, 5.74) is 5.45. The summed E-state index contributed by atoms with van der Waals surface area (Å²) in [6.45, 7) is 5.51. The summed E-state index contributed by atoms with van der Waals surface area (Å²) in [5.74, 6) is -0.200. The first-order valence-corrected chi connectivity index (χ1v) is 7.11. The van der Waals surface area contributed by atoms with Gasteiger partial charge in [0, 0.05) is 25.7 Å². The average Bonchev–Trinajstić information content (AvgIpc) is 3.13. The van der Waals surface area contributed by atoms with Crippen molar-refractivity contribution in [2.45, 2.75) is 37.8 Å². The fourth-order valence-corrected chi connectivity index (χ4v) is 2.48. The molecule has 0 aromatic rings. The van der Waals surface area contributed by atoms with Crippen LogP contribution in [0.2, 0.25) is 0 Å². The summed E-state index contributed by atoms with van der Waals surface area (Å²) in [6.07, 6.45) is 4.44. The highest BCUT2D eigenvalue weighted by atomic mass is 16.1. The first-order chi connectivity index (χ1) is 8.65. The third-order valence-corrected chi connectivity index (χ3v) is 3.90. The van der Waals surface area contributed by atoms with Crippen LogP contribution in [0.5, 0.6) is 0 Å². The third kappa shape index (κ3) is 4.55. The van der Waals surface area contributed by atoms with Crippen LogP contribution in [0.25, 0.3) is 0 Å². The van der Waals surface area contributed by atoms with E-state index in [1.54, 1.807) is 0 Å². The number of rotatable bonds is 6. The van der Waals surface area contributed by atoms with Crippen molar-refractivity contribution in [3.05, 3.63) is 0 Å². The molecule has 18 heavy (non-hydrogen) atoms. The number of likely N-dealkylation sites (N-methyl/N-ethyl adjacent to an activating group) is 1. The summed E-state index contributed by atoms with van der Waals surface area (Å²) in [4.78, 5) is 16.2. The van der Waals surface area contributed by atoms with Gasteiger partial charge in [-0.1, -0.05) is 0 Å². The Balaban J connectivity index is 1.72. The molecule has 1 heterocycles. The quantitative estimate of drug-likeness (QED) is 0.678. The molecule has 0 radical (unpaired) electrons. The van der Waals surface area contributed by atoms with Crippen LogP contribution in [-0.4, -0.2) is 67.6 Å². The number of nitrogens with zero attached hydrogens (tertiary/aromatic N) is 2. The van der Waals surface area contributed by atoms with Crippen LogP contribution < -0.4 is 11.1 Å². The molecule has 0 aromatic heterocycles. The normalized spacial score (nSPS) is 24.7. The fraction of sp³-hybridized carbons (Fsp3) is 0.923. The number of hydrogen-bond acceptors (Lipinski definition) is 4. The van der Waals surface area contributed by atoms with Gasteiger partial charge in [-0.2, -0.15) is 0 Å². The lowest BCUT2D eigenvalue weighted by Gasteiger charge is -2.23. The van der Waals surface area contributed by atoms with Crippen LogP contribution >= 0.6 is 0 Å². The van der Waals surface area contributed by atoms with Gasteiger partial charge in [-0.05, 0) is 45.8 Å². The van der Waals surface area contributed by atoms with Crippen molar-refractivity contribution >= 4 is 5.91 Å². The molecule has 1 aliphatic carbocycles. The second-order valence-corrected chi connectivity index (χ2v) is 5.68. The van der Waals surface area contributed by atoms with Gasteiger partial charge >= 0.3 is 0 Å². The van der Waals surface area contributed by atoms with Crippen LogP contribution in [0, 0.1) is 0 Å². The summed E-state index contributed by atoms with van der Waals surface area (Å²) >= 11 is 0. The highest BCUT2D eigenvalue weighted by Gasteiger charge is 2.27. The van der Waals surface area contributed by atoms with E-state index in [0.29, 0.717) is 6.04 Å². The Morgan fingerprint density at radius 2 is 2.11 bits per heavy atom. The van der Waals surface area contributed by atoms with E-state index in [2.05, 4.69) is 22.2 Å². The fourth-order valence-electron chi connectivity index (χ4n) is 2.48. The van der Waals surface area contributed by atoms with Crippen molar-refractivity contribution in [2.75, 3.05) is 39.8 Å². The maximum Gasteiger partial charge on any atom is 0.234 e. The van der Waals surface area contributed by atoms with Gasteiger partial charge in [0.1, 0.15) is 0 Å². The van der Waals surface area contributed by atoms with Crippen molar-refractivity contribution in [1.29, 1.82) is 0 Å². The van der Waals surface area contributed by atoms with Crippen molar-refractivity contribution < 1.29 is 4.79 Å². The molecule has 0 aromatic carbocycles. The van der Waals surface area contributed by atoms with Crippen molar-refractivity contribution in [3.8, 4) is 0 Å². The molecule has 1 aliphatic heterocycles. The molecule has 3 N–H and O–H groups in total. The maximum absolute atomic E-state index is 11.4. The number of hydrogen-bond donors (Lipinski definition) is 2. The Morgan fingerprint density at radius 1 is 1.33 bits per heavy atom. The van der Waals surface area contributed by atoms with E-state index in [-0.39, 0.29) is 11.9 Å². The van der Waals surface area contributed by atoms with Gasteiger partial charge in [0.2, 0.25) is 5.91 Å². The van der Waals surface area contributed by atoms with E-state index in [4.69, 9.17) is 5.73 Å². The smallest absolute Gasteiger partial charge is 0.234 e. The van der Waals surface area contributed by atoms with Gasteiger partial charge in [-0.15, -0.1) is 0 Å². The standard InChI is InChI=1S/C13H26N4O/c1-16-6-2-7-17(10-9-16)8-5-12(13(14)18)15-11-3-4-11/h11-12,15H,2-10H2,1H3,(H2,14,18). The largest absolute Gasteiger partial charge is 0.368 e. The van der Waals surface area contributed by atoms with Crippen molar-refractivity contribution in [1.82, 2.24) is 15.1 Å². The van der Waals surface area contributed by atoms with E-state index in [1.165, 1.54) is 25.8 Å². The molecule has 0 spiro atoms. The minimum atomic E-state index is -0.200. The molecule has 1 atom stereocenters. The van der Waals surface area contributed by atoms with Crippen LogP contribution in [0.4, 0.5) is 0 Å². The van der Waals surface area contributed by atoms with Gasteiger partial charge < -0.3 is 20.9 Å². The topological polar surface area (TPSA) is 61.6 Å². The van der Waals surface area contributed by atoms with Crippen LogP contribution in [0.15, 0.2) is 0 Å². The van der Waals surface area contributed by atoms with Gasteiger partial charge in [0.05, 0.1) is 6.04 Å². The minimum Gasteiger partial charge on any atom is -0.368 e. The lowest BCUT2D eigenvalue weighted by Crippen LogP contribution is -2.44. The number of carbonyl (C=O) groups is 1. The Bertz CT molecular complexity index is 280. The average molecular weight is 254 g/mol. The zero-order valence-corrected chi connectivity index (χ0v) is 11.4. The molecule has 5 nitrogen and oxygen atoms in total. The molecule has 1 unspecified atom stereocenters. The van der Waals surface area contributed by atoms with Crippen LogP contribution in [0.1, 0.15) is 25.7 Å². The molecule has 0 bridgehead atoms. The highest BCUT2D eigenvalue weighted by Crippen LogP contribution is 2.20. The van der Waals surface area contributed by atoms with Crippen molar-refractivity contribution in [3.63, 3.8) is 0 Å². The van der Waals surface area contributed by atoms with Gasteiger partial charge in [0.25, 0.3) is 0 Å². The molecule has 2 fully saturated rings. The highest BCUT2D eigenvalue weighted by molar-refractivity contribution is 5.79. The van der Waals surface area contributed by atoms with E-state index >= 15 is 0 Å². The van der Waals surface area contributed by atoms with E-state index < -0.39 is 0 Å². The number of nitrogens with two attached hydrogens (primary N) is 1. The Morgan fingerprint density at radius 3 is 2.78 bits per heavy atom. The second kappa shape index (κ2) is 6.50. The monoisotopic (exact) mass is 254 g/mol. The van der Waals surface area contributed by atoms with Crippen LogP contribution in [-0.2, 0) is 4.79 Å². The predicted octanol–water partition coefficient (Wildman–Crippen LogP) is -0.380. The molecule has 1 amide bonds. The lowest BCUT2D eigenvalue weighted by molar-refractivity contribution is -0.120. The zero-order valence-electron chi connectivity index (χ0n) is 11.4. The number of primary amides is 1. The number of carbonyl (C=O) groups excluding carboxylic acids is 1. The molecular weight excluding hydrogens is 228 g/mol. The predicted molar refractivity (Wildman–Crippen MR) is 72.3 cm³/mol. The Kier molecular flexibility index (Phi) is 4.97. The molecule has 104 valence electrons. The summed E-state index contributed by atoms with van der Waals surface area (Å²) in [6, 6.07) is 0.399. The third-order valence-electron chi connectivity index (χ3n) is 3.90. The molecule has 2 aliphatic rings. The van der Waals surface area contributed by atoms with Gasteiger partial charge in [0.15, 0.2) is 0 Å². The number of amides is 1. The Labute approximate surface area is 110 Å². The van der Waals surface area contributed by atoms with E-state index in [0.717, 1.165) is 32.6 Å². The van der Waals surface area contributed by atoms with Gasteiger partial charge in [-0.3, -0.25) is 4.79 Å². The molecule has 1 saturated heterocycles.